The number of benzene rings is 2. The minimum atomic E-state index is -4.70. The van der Waals surface area contributed by atoms with Gasteiger partial charge in [-0.1, -0.05) is 35.3 Å². The molecule has 3 rings (SSSR count). The molecule has 0 spiro atoms. The lowest BCUT2D eigenvalue weighted by Crippen LogP contribution is -2.33. The highest BCUT2D eigenvalue weighted by atomic mass is 35.5. The SMILES string of the molecule is [O-]N(c1cccc(OC(F)(F)C(F)F)c1)c1nccc(-c2ccc(Cl)c(Cl)c2)n1. The highest BCUT2D eigenvalue weighted by molar-refractivity contribution is 6.42. The van der Waals surface area contributed by atoms with Crippen LogP contribution in [-0.4, -0.2) is 22.5 Å². The molecule has 152 valence electrons. The third-order valence-electron chi connectivity index (χ3n) is 3.60. The van der Waals surface area contributed by atoms with Crippen molar-refractivity contribution in [2.24, 2.45) is 0 Å². The fourth-order valence-electron chi connectivity index (χ4n) is 2.25. The molecule has 0 atom stereocenters. The van der Waals surface area contributed by atoms with Crippen LogP contribution in [0.2, 0.25) is 10.0 Å². The zero-order chi connectivity index (χ0) is 21.2. The number of ether oxygens (including phenoxy) is 1. The Kier molecular flexibility index (Phi) is 6.11. The molecule has 11 heteroatoms. The van der Waals surface area contributed by atoms with Crippen LogP contribution >= 0.6 is 23.2 Å². The molecule has 0 bridgehead atoms. The fourth-order valence-corrected chi connectivity index (χ4v) is 2.55. The Hall–Kier alpha value is -2.62. The average molecular weight is 447 g/mol. The normalized spacial score (nSPS) is 11.6. The first kappa shape index (κ1) is 21.1. The maximum absolute atomic E-state index is 13.1. The maximum atomic E-state index is 13.1. The van der Waals surface area contributed by atoms with Crippen molar-refractivity contribution in [3.8, 4) is 17.0 Å². The number of hydrogen-bond donors (Lipinski definition) is 0. The lowest BCUT2D eigenvalue weighted by molar-refractivity contribution is -0.253. The number of halogens is 6. The first-order valence-corrected chi connectivity index (χ1v) is 8.64. The Bertz CT molecular complexity index is 1020. The van der Waals surface area contributed by atoms with Crippen molar-refractivity contribution < 1.29 is 22.3 Å². The van der Waals surface area contributed by atoms with Gasteiger partial charge >= 0.3 is 12.5 Å². The molecule has 0 aliphatic heterocycles. The van der Waals surface area contributed by atoms with Crippen molar-refractivity contribution in [1.29, 1.82) is 0 Å². The van der Waals surface area contributed by atoms with E-state index >= 15 is 0 Å². The molecule has 0 saturated carbocycles. The van der Waals surface area contributed by atoms with Gasteiger partial charge in [0, 0.05) is 23.5 Å². The van der Waals surface area contributed by atoms with E-state index in [0.717, 1.165) is 12.1 Å². The Labute approximate surface area is 172 Å². The topological polar surface area (TPSA) is 61.3 Å². The summed E-state index contributed by atoms with van der Waals surface area (Å²) < 4.78 is 54.7. The second-order valence-corrected chi connectivity index (χ2v) is 6.44. The van der Waals surface area contributed by atoms with E-state index in [0.29, 0.717) is 16.3 Å². The van der Waals surface area contributed by atoms with Gasteiger partial charge in [-0.25, -0.2) is 9.97 Å². The molecule has 5 nitrogen and oxygen atoms in total. The summed E-state index contributed by atoms with van der Waals surface area (Å²) in [6.07, 6.45) is -7.41. The Morgan fingerprint density at radius 3 is 2.48 bits per heavy atom. The second kappa shape index (κ2) is 8.40. The van der Waals surface area contributed by atoms with E-state index in [9.17, 15) is 22.8 Å². The summed E-state index contributed by atoms with van der Waals surface area (Å²) in [5.41, 5.74) is 0.718. The van der Waals surface area contributed by atoms with Crippen LogP contribution in [0.5, 0.6) is 5.75 Å². The van der Waals surface area contributed by atoms with Gasteiger partial charge in [0.1, 0.15) is 5.75 Å². The van der Waals surface area contributed by atoms with Gasteiger partial charge in [-0.2, -0.15) is 17.6 Å². The van der Waals surface area contributed by atoms with Crippen LogP contribution in [0.1, 0.15) is 0 Å². The zero-order valence-corrected chi connectivity index (χ0v) is 15.7. The summed E-state index contributed by atoms with van der Waals surface area (Å²) in [5, 5.41) is 13.4. The van der Waals surface area contributed by atoms with E-state index < -0.39 is 18.3 Å². The largest absolute Gasteiger partial charge is 0.752 e. The molecule has 29 heavy (non-hydrogen) atoms. The number of nitrogens with zero attached hydrogens (tertiary/aromatic N) is 3. The molecule has 0 N–H and O–H groups in total. The smallest absolute Gasteiger partial charge is 0.461 e. The third-order valence-corrected chi connectivity index (χ3v) is 4.34. The fraction of sp³-hybridized carbons (Fsp3) is 0.111. The van der Waals surface area contributed by atoms with Crippen LogP contribution < -0.4 is 9.80 Å². The number of hydrogen-bond acceptors (Lipinski definition) is 5. The van der Waals surface area contributed by atoms with E-state index in [1.54, 1.807) is 18.2 Å². The molecule has 0 aliphatic carbocycles. The minimum absolute atomic E-state index is 0.196. The first-order chi connectivity index (χ1) is 13.7. The van der Waals surface area contributed by atoms with Crippen molar-refractivity contribution >= 4 is 34.8 Å². The van der Waals surface area contributed by atoms with Crippen molar-refractivity contribution in [2.45, 2.75) is 12.5 Å². The quantitative estimate of drug-likeness (QED) is 0.327. The number of anilines is 2. The number of aromatic nitrogens is 2. The first-order valence-electron chi connectivity index (χ1n) is 7.88. The van der Waals surface area contributed by atoms with E-state index in [-0.39, 0.29) is 21.7 Å². The van der Waals surface area contributed by atoms with Crippen LogP contribution in [0.15, 0.2) is 54.7 Å². The summed E-state index contributed by atoms with van der Waals surface area (Å²) in [6.45, 7) is 0. The Balaban J connectivity index is 1.88. The summed E-state index contributed by atoms with van der Waals surface area (Å²) in [6, 6.07) is 10.6. The van der Waals surface area contributed by atoms with Crippen LogP contribution in [-0.2, 0) is 0 Å². The molecular formula is C18H10Cl2F4N3O2-. The van der Waals surface area contributed by atoms with E-state index in [4.69, 9.17) is 23.2 Å². The molecule has 0 saturated heterocycles. The zero-order valence-electron chi connectivity index (χ0n) is 14.2. The van der Waals surface area contributed by atoms with Crippen molar-refractivity contribution in [3.05, 3.63) is 70.0 Å². The van der Waals surface area contributed by atoms with Crippen LogP contribution in [0.3, 0.4) is 0 Å². The highest BCUT2D eigenvalue weighted by Gasteiger charge is 2.44. The molecule has 0 fully saturated rings. The summed E-state index contributed by atoms with van der Waals surface area (Å²) in [4.78, 5) is 7.96. The van der Waals surface area contributed by atoms with Gasteiger partial charge in [0.2, 0.25) is 5.95 Å². The summed E-state index contributed by atoms with van der Waals surface area (Å²) in [5.74, 6) is -0.930. The van der Waals surface area contributed by atoms with Gasteiger partial charge < -0.3 is 15.0 Å². The lowest BCUT2D eigenvalue weighted by atomic mass is 10.1. The van der Waals surface area contributed by atoms with E-state index in [1.165, 1.54) is 24.4 Å². The standard InChI is InChI=1S/C18H10Cl2F4N3O2/c19-13-5-4-10(8-14(13)20)15-6-7-25-17(26-15)27(28)11-2-1-3-12(9-11)29-18(23,24)16(21)22/h1-9,16H/q-1. The Morgan fingerprint density at radius 2 is 1.79 bits per heavy atom. The van der Waals surface area contributed by atoms with Gasteiger partial charge in [-0.3, -0.25) is 0 Å². The summed E-state index contributed by atoms with van der Waals surface area (Å²) in [7, 11) is 0. The van der Waals surface area contributed by atoms with Gasteiger partial charge in [0.15, 0.2) is 0 Å². The lowest BCUT2D eigenvalue weighted by Gasteiger charge is -2.29. The molecular weight excluding hydrogens is 437 g/mol. The monoisotopic (exact) mass is 446 g/mol. The van der Waals surface area contributed by atoms with E-state index in [1.807, 2.05) is 0 Å². The predicted octanol–water partition coefficient (Wildman–Crippen LogP) is 6.32. The van der Waals surface area contributed by atoms with Crippen LogP contribution in [0.25, 0.3) is 11.3 Å². The van der Waals surface area contributed by atoms with Gasteiger partial charge in [-0.15, -0.1) is 0 Å². The average Bonchev–Trinajstić information content (AvgIpc) is 2.69. The van der Waals surface area contributed by atoms with Crippen molar-refractivity contribution in [1.82, 2.24) is 9.97 Å². The second-order valence-electron chi connectivity index (χ2n) is 5.63. The minimum Gasteiger partial charge on any atom is -0.752 e. The summed E-state index contributed by atoms with van der Waals surface area (Å²) >= 11 is 11.9. The highest BCUT2D eigenvalue weighted by Crippen LogP contribution is 2.32. The molecule has 0 aliphatic rings. The molecule has 1 heterocycles. The molecule has 0 radical (unpaired) electrons. The van der Waals surface area contributed by atoms with Gasteiger partial charge in [0.05, 0.1) is 15.7 Å². The Morgan fingerprint density at radius 1 is 1.03 bits per heavy atom. The van der Waals surface area contributed by atoms with Crippen LogP contribution in [0.4, 0.5) is 29.2 Å². The molecule has 1 aromatic heterocycles. The predicted molar refractivity (Wildman–Crippen MR) is 101 cm³/mol. The molecule has 0 amide bonds. The third kappa shape index (κ3) is 4.87. The van der Waals surface area contributed by atoms with Gasteiger partial charge in [-0.05, 0) is 30.3 Å². The maximum Gasteiger partial charge on any atom is 0.461 e. The van der Waals surface area contributed by atoms with Crippen LogP contribution in [0, 0.1) is 5.21 Å². The molecule has 0 unspecified atom stereocenters. The molecule has 3 aromatic rings. The van der Waals surface area contributed by atoms with Crippen molar-refractivity contribution in [2.75, 3.05) is 5.06 Å². The number of rotatable bonds is 6. The number of alkyl halides is 4. The van der Waals surface area contributed by atoms with E-state index in [2.05, 4.69) is 14.7 Å². The van der Waals surface area contributed by atoms with Gasteiger partial charge in [0.25, 0.3) is 0 Å². The van der Waals surface area contributed by atoms with Crippen molar-refractivity contribution in [3.63, 3.8) is 0 Å². The molecule has 2 aromatic carbocycles.